The fourth-order valence-electron chi connectivity index (χ4n) is 3.42. The zero-order chi connectivity index (χ0) is 20.4. The molecule has 1 saturated heterocycles. The minimum absolute atomic E-state index is 0. The second-order valence-electron chi connectivity index (χ2n) is 8.99. The normalized spacial score (nSPS) is 21.7. The van der Waals surface area contributed by atoms with Gasteiger partial charge in [-0.05, 0) is 17.3 Å². The van der Waals surface area contributed by atoms with E-state index in [4.69, 9.17) is 9.84 Å². The molecule has 0 aromatic carbocycles. The van der Waals surface area contributed by atoms with Gasteiger partial charge < -0.3 is 9.84 Å². The molecule has 1 fully saturated rings. The molecule has 0 aliphatic carbocycles. The topological polar surface area (TPSA) is 101 Å². The summed E-state index contributed by atoms with van der Waals surface area (Å²) in [7, 11) is 0. The van der Waals surface area contributed by atoms with Gasteiger partial charge in [-0.25, -0.2) is 4.79 Å². The average molecular weight is 636 g/mol. The number of carbonyl (C=O) groups is 4. The maximum Gasteiger partial charge on any atom is 0.345 e. The number of hydrogen-bond donors (Lipinski definition) is 1. The van der Waals surface area contributed by atoms with Crippen LogP contribution in [0.1, 0.15) is 61.3 Å². The average Bonchev–Trinajstić information content (AvgIpc) is 2.73. The maximum atomic E-state index is 12.9. The van der Waals surface area contributed by atoms with Crippen LogP contribution in [0.4, 0.5) is 0 Å². The monoisotopic (exact) mass is 636 g/mol. The minimum Gasteiger partial charge on any atom is -0.479 e. The van der Waals surface area contributed by atoms with Crippen molar-refractivity contribution in [3.8, 4) is 0 Å². The van der Waals surface area contributed by atoms with Crippen molar-refractivity contribution in [1.29, 1.82) is 0 Å². The fourth-order valence-corrected chi connectivity index (χ4v) is 3.42. The zero-order valence-electron chi connectivity index (χ0n) is 17.5. The van der Waals surface area contributed by atoms with Crippen molar-refractivity contribution in [3.05, 3.63) is 0 Å². The Hall–Kier alpha value is -2.92. The number of imide groups is 1. The van der Waals surface area contributed by atoms with Crippen LogP contribution in [0.2, 0.25) is 0 Å². The predicted octanol–water partition coefficient (Wildman–Crippen LogP) is 2.48. The van der Waals surface area contributed by atoms with Gasteiger partial charge in [0.1, 0.15) is 0 Å². The molecule has 0 aromatic rings. The first kappa shape index (κ1) is 24.1. The Bertz CT molecular complexity index is 558. The number of esters is 1. The Balaban J connectivity index is 0.00000676. The first-order valence-corrected chi connectivity index (χ1v) is 8.99. The number of aliphatic carboxylic acids is 1. The summed E-state index contributed by atoms with van der Waals surface area (Å²) in [5.74, 6) is -3.43. The van der Waals surface area contributed by atoms with Gasteiger partial charge in [0.25, 0.3) is 0 Å². The third-order valence-corrected chi connectivity index (χ3v) is 4.72. The Morgan fingerprint density at radius 3 is 1.74 bits per heavy atom. The van der Waals surface area contributed by atoms with Crippen molar-refractivity contribution in [2.45, 2.75) is 67.4 Å². The van der Waals surface area contributed by atoms with E-state index in [1.165, 1.54) is 0 Å². The van der Waals surface area contributed by atoms with Crippen LogP contribution >= 0.6 is 0 Å². The van der Waals surface area contributed by atoms with E-state index in [2.05, 4.69) is 0 Å². The molecular weight excluding hydrogens is 605 g/mol. The van der Waals surface area contributed by atoms with E-state index < -0.39 is 40.7 Å². The molecule has 0 saturated carbocycles. The van der Waals surface area contributed by atoms with E-state index >= 15 is 0 Å². The van der Waals surface area contributed by atoms with Crippen LogP contribution in [0.5, 0.6) is 0 Å². The summed E-state index contributed by atoms with van der Waals surface area (Å²) in [6.07, 6.45) is -1.27. The SMILES string of the molecule is CCC(OC(=O)CCN1C(=O)C(C(C)(C)C)C(C(C)(C)C)C1=O)C(=O)O.[Rf]. The summed E-state index contributed by atoms with van der Waals surface area (Å²) in [6, 6.07) is 0. The second-order valence-corrected chi connectivity index (χ2v) is 8.99. The molecule has 0 bridgehead atoms. The first-order valence-electron chi connectivity index (χ1n) is 8.99. The quantitative estimate of drug-likeness (QED) is 0.356. The van der Waals surface area contributed by atoms with Gasteiger partial charge in [0.2, 0.25) is 11.8 Å². The van der Waals surface area contributed by atoms with Crippen molar-refractivity contribution in [2.75, 3.05) is 6.54 Å². The predicted molar refractivity (Wildman–Crippen MR) is 95.0 cm³/mol. The Morgan fingerprint density at radius 2 is 1.44 bits per heavy atom. The molecule has 3 atom stereocenters. The third kappa shape index (κ3) is 5.28. The molecule has 2 amide bonds. The number of hydrogen-bond acceptors (Lipinski definition) is 5. The van der Waals surface area contributed by atoms with Gasteiger partial charge in [-0.2, -0.15) is 0 Å². The van der Waals surface area contributed by atoms with E-state index in [0.29, 0.717) is 0 Å². The van der Waals surface area contributed by atoms with E-state index in [9.17, 15) is 19.2 Å². The van der Waals surface area contributed by atoms with E-state index in [1.54, 1.807) is 6.92 Å². The molecule has 1 aliphatic heterocycles. The molecule has 150 valence electrons. The molecule has 0 radical (unpaired) electrons. The third-order valence-electron chi connectivity index (χ3n) is 4.72. The van der Waals surface area contributed by atoms with Gasteiger partial charge in [-0.3, -0.25) is 19.3 Å². The van der Waals surface area contributed by atoms with Gasteiger partial charge in [0, 0.05) is 6.54 Å². The summed E-state index contributed by atoms with van der Waals surface area (Å²) in [4.78, 5) is 49.7. The number of amides is 2. The van der Waals surface area contributed by atoms with Gasteiger partial charge >= 0.3 is 11.9 Å². The number of carboxylic acid groups (broad SMARTS) is 1. The Morgan fingerprint density at radius 1 is 1.04 bits per heavy atom. The molecule has 0 spiro atoms. The van der Waals surface area contributed by atoms with E-state index in [0.717, 1.165) is 4.90 Å². The number of carbonyl (C=O) groups excluding carboxylic acids is 3. The number of ether oxygens (including phenoxy) is 1. The molecule has 3 unspecified atom stereocenters. The number of likely N-dealkylation sites (tertiary alicyclic amines) is 1. The minimum atomic E-state index is -1.21. The summed E-state index contributed by atoms with van der Waals surface area (Å²) in [5, 5.41) is 8.94. The van der Waals surface area contributed by atoms with Gasteiger partial charge in [0.15, 0.2) is 6.10 Å². The summed E-state index contributed by atoms with van der Waals surface area (Å²) in [6.45, 7) is 13.1. The summed E-state index contributed by atoms with van der Waals surface area (Å²) in [5.41, 5.74) is -0.785. The molecular formula is C19H31NO6Rf. The molecule has 1 aliphatic rings. The van der Waals surface area contributed by atoms with Crippen molar-refractivity contribution in [3.63, 3.8) is 0 Å². The van der Waals surface area contributed by atoms with Crippen LogP contribution in [0.3, 0.4) is 0 Å². The van der Waals surface area contributed by atoms with E-state index in [-0.39, 0.29) is 31.2 Å². The maximum absolute atomic E-state index is 12.9. The van der Waals surface area contributed by atoms with Crippen molar-refractivity contribution in [1.82, 2.24) is 4.90 Å². The van der Waals surface area contributed by atoms with Crippen LogP contribution in [-0.4, -0.2) is 46.4 Å². The molecule has 1 heterocycles. The molecule has 1 rings (SSSR count). The molecule has 27 heavy (non-hydrogen) atoms. The van der Waals surface area contributed by atoms with Crippen LogP contribution in [0, 0.1) is 22.7 Å². The van der Waals surface area contributed by atoms with Crippen molar-refractivity contribution < 1.29 is 29.0 Å². The standard InChI is InChI=1S/C19H31NO6.Rf/c1-8-11(17(24)25)26-12(21)9-10-20-15(22)13(18(2,3)4)14(16(20)23)19(5,6)7;/h11,13-14H,8-10H2,1-7H3,(H,24,25);. The molecule has 1 N–H and O–H groups in total. The van der Waals surface area contributed by atoms with Crippen LogP contribution in [0.15, 0.2) is 0 Å². The molecule has 0 aromatic heterocycles. The smallest absolute Gasteiger partial charge is 0.345 e. The van der Waals surface area contributed by atoms with Crippen molar-refractivity contribution in [2.24, 2.45) is 22.7 Å². The van der Waals surface area contributed by atoms with Crippen molar-refractivity contribution >= 4 is 23.8 Å². The molecule has 8 heteroatoms. The molecule has 7 nitrogen and oxygen atoms in total. The summed E-state index contributed by atoms with van der Waals surface area (Å²) >= 11 is 0. The number of rotatable bonds is 6. The first-order chi connectivity index (χ1) is 11.7. The largest absolute Gasteiger partial charge is 0.479 e. The van der Waals surface area contributed by atoms with Gasteiger partial charge in [0.05, 0.1) is 18.3 Å². The van der Waals surface area contributed by atoms with Gasteiger partial charge in [-0.15, -0.1) is 0 Å². The summed E-state index contributed by atoms with van der Waals surface area (Å²) < 4.78 is 4.89. The van der Waals surface area contributed by atoms with Crippen LogP contribution in [0.25, 0.3) is 0 Å². The number of nitrogens with zero attached hydrogens (tertiary/aromatic N) is 1. The van der Waals surface area contributed by atoms with Crippen LogP contribution < -0.4 is 0 Å². The second kappa shape index (κ2) is 8.18. The van der Waals surface area contributed by atoms with Gasteiger partial charge in [-0.1, -0.05) is 48.5 Å². The van der Waals surface area contributed by atoms with Crippen LogP contribution in [-0.2, 0) is 23.9 Å². The zero-order valence-corrected chi connectivity index (χ0v) is 23.9. The number of carboxylic acids is 1. The van der Waals surface area contributed by atoms with E-state index in [1.807, 2.05) is 41.5 Å². The Labute approximate surface area is 155 Å². The fraction of sp³-hybridized carbons (Fsp3) is 0.789. The Kier molecular flexibility index (Phi) is 7.30.